The Morgan fingerprint density at radius 3 is 2.68 bits per heavy atom. The first-order valence-electron chi connectivity index (χ1n) is 8.49. The van der Waals surface area contributed by atoms with E-state index in [1.54, 1.807) is 6.20 Å². The van der Waals surface area contributed by atoms with E-state index in [1.165, 1.54) is 0 Å². The summed E-state index contributed by atoms with van der Waals surface area (Å²) in [6, 6.07) is 8.65. The molecular weight excluding hydrogens is 404 g/mol. The molecule has 2 bridgehead atoms. The second-order valence-electron chi connectivity index (χ2n) is 6.62. The SMILES string of the molecule is Cc1c(C(=O)N2C3CCNCC2CC3)cnn1-c1ccc(Br)cc1.Cl. The van der Waals surface area contributed by atoms with Crippen molar-refractivity contribution in [2.75, 3.05) is 13.1 Å². The van der Waals surface area contributed by atoms with Crippen molar-refractivity contribution < 1.29 is 4.79 Å². The van der Waals surface area contributed by atoms with Gasteiger partial charge < -0.3 is 10.2 Å². The Hall–Kier alpha value is -1.37. The van der Waals surface area contributed by atoms with Gasteiger partial charge in [-0.05, 0) is 57.0 Å². The van der Waals surface area contributed by atoms with Gasteiger partial charge in [0.2, 0.25) is 0 Å². The molecule has 2 aliphatic rings. The number of carbonyl (C=O) groups excluding carboxylic acids is 1. The first-order valence-corrected chi connectivity index (χ1v) is 9.28. The fourth-order valence-electron chi connectivity index (χ4n) is 3.92. The van der Waals surface area contributed by atoms with Crippen LogP contribution in [0.3, 0.4) is 0 Å². The van der Waals surface area contributed by atoms with Crippen molar-refractivity contribution >= 4 is 34.2 Å². The van der Waals surface area contributed by atoms with Gasteiger partial charge in [-0.3, -0.25) is 4.79 Å². The second kappa shape index (κ2) is 7.48. The van der Waals surface area contributed by atoms with Gasteiger partial charge in [0, 0.05) is 23.1 Å². The Morgan fingerprint density at radius 2 is 1.92 bits per heavy atom. The second-order valence-corrected chi connectivity index (χ2v) is 7.54. The number of hydrogen-bond donors (Lipinski definition) is 1. The molecule has 0 aliphatic carbocycles. The van der Waals surface area contributed by atoms with E-state index in [9.17, 15) is 4.79 Å². The zero-order chi connectivity index (χ0) is 16.7. The van der Waals surface area contributed by atoms with Crippen LogP contribution in [0.5, 0.6) is 0 Å². The van der Waals surface area contributed by atoms with Crippen LogP contribution in [0.1, 0.15) is 35.3 Å². The maximum Gasteiger partial charge on any atom is 0.257 e. The van der Waals surface area contributed by atoms with Crippen LogP contribution < -0.4 is 5.32 Å². The number of aromatic nitrogens is 2. The summed E-state index contributed by atoms with van der Waals surface area (Å²) in [5.41, 5.74) is 2.59. The minimum absolute atomic E-state index is 0. The number of benzene rings is 1. The van der Waals surface area contributed by atoms with E-state index in [0.29, 0.717) is 12.1 Å². The van der Waals surface area contributed by atoms with E-state index >= 15 is 0 Å². The maximum absolute atomic E-state index is 13.2. The number of rotatable bonds is 2. The minimum atomic E-state index is 0. The topological polar surface area (TPSA) is 50.2 Å². The van der Waals surface area contributed by atoms with E-state index in [-0.39, 0.29) is 18.3 Å². The van der Waals surface area contributed by atoms with Crippen LogP contribution in [0.2, 0.25) is 0 Å². The molecule has 134 valence electrons. The van der Waals surface area contributed by atoms with E-state index in [0.717, 1.165) is 53.8 Å². The molecule has 5 nitrogen and oxygen atoms in total. The van der Waals surface area contributed by atoms with Crippen LogP contribution in [0.4, 0.5) is 0 Å². The molecule has 2 saturated heterocycles. The van der Waals surface area contributed by atoms with Crippen LogP contribution in [0.25, 0.3) is 5.69 Å². The average molecular weight is 426 g/mol. The highest BCUT2D eigenvalue weighted by atomic mass is 79.9. The lowest BCUT2D eigenvalue weighted by Gasteiger charge is -2.27. The lowest BCUT2D eigenvalue weighted by Crippen LogP contribution is -2.42. The molecular formula is C18H22BrClN4O. The number of carbonyl (C=O) groups is 1. The molecule has 4 rings (SSSR count). The third-order valence-corrected chi connectivity index (χ3v) is 5.73. The number of hydrogen-bond acceptors (Lipinski definition) is 3. The molecule has 1 amide bonds. The molecule has 3 heterocycles. The first kappa shape index (κ1) is 18.4. The Morgan fingerprint density at radius 1 is 1.20 bits per heavy atom. The average Bonchev–Trinajstić information content (AvgIpc) is 3.06. The Balaban J connectivity index is 0.00000182. The van der Waals surface area contributed by atoms with Crippen LogP contribution in [0.15, 0.2) is 34.9 Å². The van der Waals surface area contributed by atoms with E-state index in [2.05, 4.69) is 31.2 Å². The fourth-order valence-corrected chi connectivity index (χ4v) is 4.18. The van der Waals surface area contributed by atoms with E-state index in [4.69, 9.17) is 0 Å². The monoisotopic (exact) mass is 424 g/mol. The molecule has 1 aromatic carbocycles. The Kier molecular flexibility index (Phi) is 5.51. The third-order valence-electron chi connectivity index (χ3n) is 5.20. The van der Waals surface area contributed by atoms with Gasteiger partial charge in [0.25, 0.3) is 5.91 Å². The summed E-state index contributed by atoms with van der Waals surface area (Å²) in [7, 11) is 0. The summed E-state index contributed by atoms with van der Waals surface area (Å²) in [4.78, 5) is 15.3. The largest absolute Gasteiger partial charge is 0.331 e. The smallest absolute Gasteiger partial charge is 0.257 e. The van der Waals surface area contributed by atoms with Gasteiger partial charge in [-0.2, -0.15) is 5.10 Å². The summed E-state index contributed by atoms with van der Waals surface area (Å²) in [6.45, 7) is 3.88. The predicted octanol–water partition coefficient (Wildman–Crippen LogP) is 3.33. The van der Waals surface area contributed by atoms with Crippen molar-refractivity contribution in [1.29, 1.82) is 0 Å². The Bertz CT molecular complexity index is 747. The molecule has 2 aliphatic heterocycles. The van der Waals surface area contributed by atoms with Crippen LogP contribution in [0, 0.1) is 6.92 Å². The number of nitrogens with one attached hydrogen (secondary N) is 1. The Labute approximate surface area is 162 Å². The lowest BCUT2D eigenvalue weighted by molar-refractivity contribution is 0.0679. The molecule has 25 heavy (non-hydrogen) atoms. The molecule has 2 fully saturated rings. The number of nitrogens with zero attached hydrogens (tertiary/aromatic N) is 3. The van der Waals surface area contributed by atoms with E-state index in [1.807, 2.05) is 35.9 Å². The van der Waals surface area contributed by atoms with Gasteiger partial charge in [0.05, 0.1) is 23.1 Å². The van der Waals surface area contributed by atoms with Crippen LogP contribution in [-0.2, 0) is 0 Å². The summed E-state index contributed by atoms with van der Waals surface area (Å²) in [5.74, 6) is 0.132. The van der Waals surface area contributed by atoms with Gasteiger partial charge in [-0.25, -0.2) is 4.68 Å². The summed E-state index contributed by atoms with van der Waals surface area (Å²) in [5, 5.41) is 7.91. The molecule has 0 saturated carbocycles. The molecule has 2 atom stereocenters. The fraction of sp³-hybridized carbons (Fsp3) is 0.444. The van der Waals surface area contributed by atoms with Crippen molar-refractivity contribution in [2.24, 2.45) is 0 Å². The molecule has 1 aromatic heterocycles. The quantitative estimate of drug-likeness (QED) is 0.803. The lowest BCUT2D eigenvalue weighted by atomic mass is 10.1. The van der Waals surface area contributed by atoms with Crippen molar-refractivity contribution in [3.63, 3.8) is 0 Å². The molecule has 1 N–H and O–H groups in total. The number of amides is 1. The standard InChI is InChI=1S/C18H21BrN4O.ClH/c1-12-17(11-21-23(12)15-4-2-13(19)3-5-15)18(24)22-14-6-7-16(22)10-20-9-8-14;/h2-5,11,14,16,20H,6-10H2,1H3;1H. The third kappa shape index (κ3) is 3.35. The number of fused-ring (bicyclic) bond motifs is 2. The summed E-state index contributed by atoms with van der Waals surface area (Å²) < 4.78 is 2.87. The molecule has 2 unspecified atom stereocenters. The van der Waals surface area contributed by atoms with Crippen molar-refractivity contribution in [3.05, 3.63) is 46.2 Å². The zero-order valence-corrected chi connectivity index (χ0v) is 16.5. The zero-order valence-electron chi connectivity index (χ0n) is 14.1. The molecule has 2 aromatic rings. The maximum atomic E-state index is 13.2. The summed E-state index contributed by atoms with van der Waals surface area (Å²) >= 11 is 3.45. The van der Waals surface area contributed by atoms with Gasteiger partial charge in [-0.15, -0.1) is 12.4 Å². The van der Waals surface area contributed by atoms with Crippen molar-refractivity contribution in [1.82, 2.24) is 20.0 Å². The molecule has 7 heteroatoms. The summed E-state index contributed by atoms with van der Waals surface area (Å²) in [6.07, 6.45) is 4.99. The number of halogens is 2. The van der Waals surface area contributed by atoms with Crippen LogP contribution in [-0.4, -0.2) is 45.8 Å². The van der Waals surface area contributed by atoms with Crippen LogP contribution >= 0.6 is 28.3 Å². The van der Waals surface area contributed by atoms with Gasteiger partial charge in [0.15, 0.2) is 0 Å². The molecule has 0 spiro atoms. The highest BCUT2D eigenvalue weighted by Crippen LogP contribution is 2.30. The van der Waals surface area contributed by atoms with Crippen molar-refractivity contribution in [2.45, 2.75) is 38.3 Å². The van der Waals surface area contributed by atoms with Gasteiger partial charge >= 0.3 is 0 Å². The van der Waals surface area contributed by atoms with Gasteiger partial charge in [-0.1, -0.05) is 15.9 Å². The van der Waals surface area contributed by atoms with Gasteiger partial charge in [0.1, 0.15) is 0 Å². The minimum Gasteiger partial charge on any atom is -0.331 e. The van der Waals surface area contributed by atoms with E-state index < -0.39 is 0 Å². The molecule has 0 radical (unpaired) electrons. The van der Waals surface area contributed by atoms with Crippen molar-refractivity contribution in [3.8, 4) is 5.69 Å². The first-order chi connectivity index (χ1) is 11.6. The normalized spacial score (nSPS) is 22.4. The predicted molar refractivity (Wildman–Crippen MR) is 104 cm³/mol. The highest BCUT2D eigenvalue weighted by Gasteiger charge is 2.39. The highest BCUT2D eigenvalue weighted by molar-refractivity contribution is 9.10.